The van der Waals surface area contributed by atoms with Gasteiger partial charge in [0.15, 0.2) is 0 Å². The zero-order valence-electron chi connectivity index (χ0n) is 16.5. The Hall–Kier alpha value is -4.42. The van der Waals surface area contributed by atoms with Crippen LogP contribution in [0.15, 0.2) is 102 Å². The van der Waals surface area contributed by atoms with Gasteiger partial charge in [-0.2, -0.15) is 5.26 Å². The minimum atomic E-state index is 0.557. The number of benzene rings is 4. The van der Waals surface area contributed by atoms with E-state index in [1.165, 1.54) is 10.8 Å². The molecule has 0 amide bonds. The first-order chi connectivity index (χ1) is 15.3. The molecule has 0 unspecified atom stereocenters. The first kappa shape index (κ1) is 17.4. The molecule has 31 heavy (non-hydrogen) atoms. The number of nitriles is 1. The molecule has 2 heterocycles. The average Bonchev–Trinajstić information content (AvgIpc) is 3.22. The van der Waals surface area contributed by atoms with Crippen molar-refractivity contribution in [1.29, 1.82) is 5.26 Å². The van der Waals surface area contributed by atoms with Gasteiger partial charge in [-0.1, -0.05) is 54.6 Å². The maximum absolute atomic E-state index is 9.18. The summed E-state index contributed by atoms with van der Waals surface area (Å²) in [5.74, 6) is 0. The van der Waals surface area contributed by atoms with Crippen LogP contribution in [0.25, 0.3) is 55.0 Å². The number of hydrogen-bond donors (Lipinski definition) is 0. The highest BCUT2D eigenvalue weighted by atomic mass is 16.3. The molecule has 2 aromatic heterocycles. The molecule has 0 aliphatic carbocycles. The number of hydrogen-bond acceptors (Lipinski definition) is 3. The van der Waals surface area contributed by atoms with Crippen LogP contribution in [-0.2, 0) is 0 Å². The van der Waals surface area contributed by atoms with E-state index in [4.69, 9.17) is 4.42 Å². The number of rotatable bonds is 2. The summed E-state index contributed by atoms with van der Waals surface area (Å²) in [5.41, 5.74) is 6.54. The van der Waals surface area contributed by atoms with Crippen LogP contribution in [0.5, 0.6) is 0 Å². The maximum atomic E-state index is 9.18. The summed E-state index contributed by atoms with van der Waals surface area (Å²) in [5, 5.41) is 13.9. The fourth-order valence-electron chi connectivity index (χ4n) is 4.26. The van der Waals surface area contributed by atoms with Gasteiger partial charge in [-0.25, -0.2) is 0 Å². The normalized spacial score (nSPS) is 11.2. The van der Waals surface area contributed by atoms with Crippen molar-refractivity contribution in [1.82, 2.24) is 4.98 Å². The summed E-state index contributed by atoms with van der Waals surface area (Å²) in [6.07, 6.45) is 3.37. The molecule has 0 N–H and O–H groups in total. The SMILES string of the molecule is N#Cc1cncc(-c2cccc(-c3ccc4oc5ccc6ccccc6c5c4c3)c2)c1. The van der Waals surface area contributed by atoms with Gasteiger partial charge < -0.3 is 4.42 Å². The van der Waals surface area contributed by atoms with E-state index in [1.54, 1.807) is 12.4 Å². The predicted molar refractivity (Wildman–Crippen MR) is 125 cm³/mol. The number of aromatic nitrogens is 1. The Bertz CT molecular complexity index is 1650. The van der Waals surface area contributed by atoms with Crippen molar-refractivity contribution in [3.8, 4) is 28.3 Å². The van der Waals surface area contributed by atoms with Crippen molar-refractivity contribution >= 4 is 32.7 Å². The smallest absolute Gasteiger partial charge is 0.136 e. The summed E-state index contributed by atoms with van der Waals surface area (Å²) < 4.78 is 6.13. The van der Waals surface area contributed by atoms with Crippen molar-refractivity contribution in [2.75, 3.05) is 0 Å². The van der Waals surface area contributed by atoms with Crippen LogP contribution in [0.2, 0.25) is 0 Å². The van der Waals surface area contributed by atoms with E-state index in [-0.39, 0.29) is 0 Å². The van der Waals surface area contributed by atoms with Crippen LogP contribution in [0, 0.1) is 11.3 Å². The third-order valence-electron chi connectivity index (χ3n) is 5.76. The van der Waals surface area contributed by atoms with Gasteiger partial charge in [0.2, 0.25) is 0 Å². The Balaban J connectivity index is 1.54. The molecule has 0 saturated heterocycles. The molecule has 0 bridgehead atoms. The topological polar surface area (TPSA) is 49.8 Å². The van der Waals surface area contributed by atoms with E-state index in [2.05, 4.69) is 65.7 Å². The molecular formula is C28H16N2O. The zero-order valence-corrected chi connectivity index (χ0v) is 16.5. The molecule has 0 aliphatic rings. The summed E-state index contributed by atoms with van der Waals surface area (Å²) >= 11 is 0. The van der Waals surface area contributed by atoms with Gasteiger partial charge in [-0.05, 0) is 57.8 Å². The maximum Gasteiger partial charge on any atom is 0.136 e. The van der Waals surface area contributed by atoms with Gasteiger partial charge in [0.05, 0.1) is 5.56 Å². The number of fused-ring (bicyclic) bond motifs is 5. The first-order valence-electron chi connectivity index (χ1n) is 10.1. The molecule has 0 radical (unpaired) electrons. The molecule has 3 heteroatoms. The molecule has 0 atom stereocenters. The van der Waals surface area contributed by atoms with Crippen molar-refractivity contribution in [3.63, 3.8) is 0 Å². The first-order valence-corrected chi connectivity index (χ1v) is 10.1. The Morgan fingerprint density at radius 1 is 0.645 bits per heavy atom. The number of furan rings is 1. The van der Waals surface area contributed by atoms with E-state index in [0.29, 0.717) is 5.56 Å². The third kappa shape index (κ3) is 2.86. The van der Waals surface area contributed by atoms with Gasteiger partial charge in [0.1, 0.15) is 17.2 Å². The molecule has 3 nitrogen and oxygen atoms in total. The molecule has 6 aromatic rings. The molecule has 0 saturated carbocycles. The molecule has 4 aromatic carbocycles. The highest BCUT2D eigenvalue weighted by Gasteiger charge is 2.12. The van der Waals surface area contributed by atoms with Crippen molar-refractivity contribution in [2.45, 2.75) is 0 Å². The molecule has 0 spiro atoms. The third-order valence-corrected chi connectivity index (χ3v) is 5.76. The van der Waals surface area contributed by atoms with Crippen LogP contribution in [0.4, 0.5) is 0 Å². The van der Waals surface area contributed by atoms with Gasteiger partial charge in [-0.15, -0.1) is 0 Å². The second kappa shape index (κ2) is 6.83. The Morgan fingerprint density at radius 3 is 2.35 bits per heavy atom. The molecule has 0 aliphatic heterocycles. The van der Waals surface area contributed by atoms with E-state index in [9.17, 15) is 5.26 Å². The second-order valence-corrected chi connectivity index (χ2v) is 7.63. The van der Waals surface area contributed by atoms with Crippen LogP contribution < -0.4 is 0 Å². The monoisotopic (exact) mass is 396 g/mol. The van der Waals surface area contributed by atoms with Gasteiger partial charge >= 0.3 is 0 Å². The summed E-state index contributed by atoms with van der Waals surface area (Å²) in [6.45, 7) is 0. The Morgan fingerprint density at radius 2 is 1.45 bits per heavy atom. The number of nitrogens with zero attached hydrogens (tertiary/aromatic N) is 2. The lowest BCUT2D eigenvalue weighted by Crippen LogP contribution is -1.85. The molecular weight excluding hydrogens is 380 g/mol. The van der Waals surface area contributed by atoms with E-state index >= 15 is 0 Å². The molecule has 0 fully saturated rings. The van der Waals surface area contributed by atoms with Crippen LogP contribution in [0.3, 0.4) is 0 Å². The zero-order chi connectivity index (χ0) is 20.8. The van der Waals surface area contributed by atoms with Crippen LogP contribution in [0.1, 0.15) is 5.56 Å². The average molecular weight is 396 g/mol. The van der Waals surface area contributed by atoms with E-state index in [0.717, 1.165) is 44.2 Å². The lowest BCUT2D eigenvalue weighted by molar-refractivity contribution is 0.669. The molecule has 144 valence electrons. The van der Waals surface area contributed by atoms with E-state index in [1.807, 2.05) is 30.3 Å². The van der Waals surface area contributed by atoms with E-state index < -0.39 is 0 Å². The highest BCUT2D eigenvalue weighted by Crippen LogP contribution is 2.37. The minimum Gasteiger partial charge on any atom is -0.456 e. The highest BCUT2D eigenvalue weighted by molar-refractivity contribution is 6.19. The van der Waals surface area contributed by atoms with Crippen molar-refractivity contribution < 1.29 is 4.42 Å². The number of pyridine rings is 1. The van der Waals surface area contributed by atoms with Crippen molar-refractivity contribution in [2.24, 2.45) is 0 Å². The lowest BCUT2D eigenvalue weighted by atomic mass is 9.97. The van der Waals surface area contributed by atoms with Crippen LogP contribution >= 0.6 is 0 Å². The fraction of sp³-hybridized carbons (Fsp3) is 0. The molecule has 6 rings (SSSR count). The van der Waals surface area contributed by atoms with Crippen LogP contribution in [-0.4, -0.2) is 4.98 Å². The Kier molecular flexibility index (Phi) is 3.84. The van der Waals surface area contributed by atoms with Crippen molar-refractivity contribution in [3.05, 3.63) is 103 Å². The standard InChI is InChI=1S/C28H16N2O/c29-15-18-12-23(17-30-16-18)21-6-3-5-20(13-21)22-9-10-26-25(14-22)28-24-7-2-1-4-19(24)8-11-27(28)31-26/h1-14,16-17H. The largest absolute Gasteiger partial charge is 0.456 e. The van der Waals surface area contributed by atoms with Gasteiger partial charge in [0.25, 0.3) is 0 Å². The van der Waals surface area contributed by atoms with Gasteiger partial charge in [0, 0.05) is 28.7 Å². The minimum absolute atomic E-state index is 0.557. The summed E-state index contributed by atoms with van der Waals surface area (Å²) in [7, 11) is 0. The fourth-order valence-corrected chi connectivity index (χ4v) is 4.26. The second-order valence-electron chi connectivity index (χ2n) is 7.63. The summed E-state index contributed by atoms with van der Waals surface area (Å²) in [6, 6.07) is 31.2. The van der Waals surface area contributed by atoms with Gasteiger partial charge in [-0.3, -0.25) is 4.98 Å². The lowest BCUT2D eigenvalue weighted by Gasteiger charge is -2.07. The quantitative estimate of drug-likeness (QED) is 0.308. The summed E-state index contributed by atoms with van der Waals surface area (Å²) in [4.78, 5) is 4.20. The predicted octanol–water partition coefficient (Wildman–Crippen LogP) is 7.34. The Labute approximate surface area is 178 Å².